The molecule has 1 saturated heterocycles. The van der Waals surface area contributed by atoms with Crippen molar-refractivity contribution in [1.29, 1.82) is 0 Å². The molecule has 1 aliphatic heterocycles. The fourth-order valence-corrected chi connectivity index (χ4v) is 5.34. The Labute approximate surface area is 158 Å². The molecule has 1 aliphatic rings. The van der Waals surface area contributed by atoms with Crippen molar-refractivity contribution in [3.63, 3.8) is 0 Å². The summed E-state index contributed by atoms with van der Waals surface area (Å²) < 4.78 is 28.0. The number of halogens is 1. The SMILES string of the molecule is CN=C1SCC(O)(c2ccc(Cl)c(S(=O)(=O)NC(C)N(C)C)c2)N1C. The highest BCUT2D eigenvalue weighted by Crippen LogP contribution is 2.39. The quantitative estimate of drug-likeness (QED) is 0.717. The Morgan fingerprint density at radius 1 is 1.48 bits per heavy atom. The topological polar surface area (TPSA) is 85.2 Å². The van der Waals surface area contributed by atoms with Crippen molar-refractivity contribution in [2.45, 2.75) is 23.7 Å². The highest BCUT2D eigenvalue weighted by Gasteiger charge is 2.43. The predicted molar refractivity (Wildman–Crippen MR) is 102 cm³/mol. The minimum absolute atomic E-state index is 0.0610. The number of nitrogens with zero attached hydrogens (tertiary/aromatic N) is 3. The number of sulfonamides is 1. The van der Waals surface area contributed by atoms with Gasteiger partial charge in [0.2, 0.25) is 10.0 Å². The van der Waals surface area contributed by atoms with E-state index in [1.54, 1.807) is 51.0 Å². The summed E-state index contributed by atoms with van der Waals surface area (Å²) in [5.41, 5.74) is -0.898. The largest absolute Gasteiger partial charge is 0.366 e. The van der Waals surface area contributed by atoms with E-state index in [9.17, 15) is 13.5 Å². The van der Waals surface area contributed by atoms with Crippen LogP contribution < -0.4 is 4.72 Å². The third-order valence-electron chi connectivity index (χ3n) is 4.22. The van der Waals surface area contributed by atoms with Gasteiger partial charge < -0.3 is 10.0 Å². The van der Waals surface area contributed by atoms with Gasteiger partial charge in [-0.1, -0.05) is 29.4 Å². The third kappa shape index (κ3) is 3.96. The van der Waals surface area contributed by atoms with Crippen molar-refractivity contribution in [3.8, 4) is 0 Å². The van der Waals surface area contributed by atoms with Gasteiger partial charge in [0.05, 0.1) is 16.9 Å². The lowest BCUT2D eigenvalue weighted by Gasteiger charge is -2.31. The summed E-state index contributed by atoms with van der Waals surface area (Å²) in [5.74, 6) is 0.346. The molecule has 0 spiro atoms. The van der Waals surface area contributed by atoms with Crippen LogP contribution >= 0.6 is 23.4 Å². The van der Waals surface area contributed by atoms with E-state index in [2.05, 4.69) is 9.71 Å². The van der Waals surface area contributed by atoms with Gasteiger partial charge in [-0.25, -0.2) is 8.42 Å². The number of hydrogen-bond donors (Lipinski definition) is 2. The lowest BCUT2D eigenvalue weighted by atomic mass is 10.0. The van der Waals surface area contributed by atoms with Crippen LogP contribution in [0.4, 0.5) is 0 Å². The van der Waals surface area contributed by atoms with Crippen molar-refractivity contribution in [1.82, 2.24) is 14.5 Å². The zero-order chi connectivity index (χ0) is 19.0. The third-order valence-corrected chi connectivity index (χ3v) is 7.49. The van der Waals surface area contributed by atoms with Crippen LogP contribution in [0.25, 0.3) is 0 Å². The van der Waals surface area contributed by atoms with Gasteiger partial charge in [-0.15, -0.1) is 0 Å². The molecule has 2 rings (SSSR count). The van der Waals surface area contributed by atoms with Gasteiger partial charge in [0.15, 0.2) is 10.9 Å². The Kier molecular flexibility index (Phi) is 6.07. The zero-order valence-corrected chi connectivity index (χ0v) is 17.2. The highest BCUT2D eigenvalue weighted by molar-refractivity contribution is 8.14. The van der Waals surface area contributed by atoms with E-state index in [1.165, 1.54) is 23.9 Å². The van der Waals surface area contributed by atoms with Crippen LogP contribution in [0.15, 0.2) is 28.1 Å². The zero-order valence-electron chi connectivity index (χ0n) is 14.8. The number of aliphatic imine (C=N–C) groups is 1. The number of aliphatic hydroxyl groups is 1. The molecule has 1 fully saturated rings. The van der Waals surface area contributed by atoms with Crippen molar-refractivity contribution < 1.29 is 13.5 Å². The van der Waals surface area contributed by atoms with Crippen LogP contribution in [0.2, 0.25) is 5.02 Å². The first kappa shape index (κ1) is 20.5. The summed E-state index contributed by atoms with van der Waals surface area (Å²) in [6, 6.07) is 4.54. The fraction of sp³-hybridized carbons (Fsp3) is 0.533. The minimum Gasteiger partial charge on any atom is -0.366 e. The monoisotopic (exact) mass is 406 g/mol. The van der Waals surface area contributed by atoms with Crippen molar-refractivity contribution in [2.75, 3.05) is 33.9 Å². The van der Waals surface area contributed by atoms with E-state index in [0.717, 1.165) is 0 Å². The molecule has 0 aromatic heterocycles. The molecule has 1 aromatic carbocycles. The molecule has 7 nitrogen and oxygen atoms in total. The average Bonchev–Trinajstić information content (AvgIpc) is 2.83. The van der Waals surface area contributed by atoms with E-state index in [0.29, 0.717) is 16.5 Å². The number of amidine groups is 1. The molecule has 2 unspecified atom stereocenters. The first-order chi connectivity index (χ1) is 11.5. The maximum atomic E-state index is 12.7. The molecule has 2 N–H and O–H groups in total. The molecule has 0 saturated carbocycles. The van der Waals surface area contributed by atoms with E-state index in [1.807, 2.05) is 0 Å². The van der Waals surface area contributed by atoms with Gasteiger partial charge >= 0.3 is 0 Å². The molecule has 0 amide bonds. The Balaban J connectivity index is 2.45. The van der Waals surface area contributed by atoms with E-state index >= 15 is 0 Å². The smallest absolute Gasteiger partial charge is 0.243 e. The molecule has 0 aliphatic carbocycles. The lowest BCUT2D eigenvalue weighted by Crippen LogP contribution is -2.43. The van der Waals surface area contributed by atoms with Crippen LogP contribution in [0.3, 0.4) is 0 Å². The minimum atomic E-state index is -3.84. The lowest BCUT2D eigenvalue weighted by molar-refractivity contribution is -0.0349. The first-order valence-corrected chi connectivity index (χ1v) is 10.4. The van der Waals surface area contributed by atoms with Crippen LogP contribution in [0, 0.1) is 0 Å². The Hall–Kier alpha value is -0.840. The van der Waals surface area contributed by atoms with Gasteiger partial charge in [0, 0.05) is 19.7 Å². The van der Waals surface area contributed by atoms with E-state index in [-0.39, 0.29) is 9.92 Å². The second-order valence-corrected chi connectivity index (χ2v) is 9.11. The Bertz CT molecular complexity index is 785. The second kappa shape index (κ2) is 7.42. The standard InChI is InChI=1S/C15H23ClN4O3S2/c1-10(19(3)4)18-25(22,23)13-8-11(6-7-12(13)16)15(21)9-24-14(17-2)20(15)5/h6-8,10,18,21H,9H2,1-5H3. The molecule has 1 heterocycles. The maximum Gasteiger partial charge on any atom is 0.243 e. The Morgan fingerprint density at radius 3 is 2.64 bits per heavy atom. The van der Waals surface area contributed by atoms with Gasteiger partial charge in [-0.05, 0) is 33.2 Å². The second-order valence-electron chi connectivity index (χ2n) is 6.08. The molecule has 2 atom stereocenters. The average molecular weight is 407 g/mol. The summed E-state index contributed by atoms with van der Waals surface area (Å²) in [6.45, 7) is 1.73. The van der Waals surface area contributed by atoms with Crippen LogP contribution in [0.5, 0.6) is 0 Å². The molecule has 140 valence electrons. The van der Waals surface area contributed by atoms with E-state index < -0.39 is 21.9 Å². The number of thioether (sulfide) groups is 1. The summed E-state index contributed by atoms with van der Waals surface area (Å²) in [4.78, 5) is 7.42. The summed E-state index contributed by atoms with van der Waals surface area (Å²) in [5, 5.41) is 11.8. The summed E-state index contributed by atoms with van der Waals surface area (Å²) >= 11 is 7.54. The van der Waals surface area contributed by atoms with E-state index in [4.69, 9.17) is 11.6 Å². The van der Waals surface area contributed by atoms with Crippen molar-refractivity contribution >= 4 is 38.6 Å². The number of rotatable bonds is 5. The fourth-order valence-electron chi connectivity index (χ4n) is 2.36. The van der Waals surface area contributed by atoms with Gasteiger partial charge in [-0.3, -0.25) is 9.89 Å². The first-order valence-electron chi connectivity index (χ1n) is 7.57. The molecule has 0 radical (unpaired) electrons. The highest BCUT2D eigenvalue weighted by atomic mass is 35.5. The normalized spacial score (nSPS) is 24.3. The van der Waals surface area contributed by atoms with Gasteiger partial charge in [0.25, 0.3) is 0 Å². The molecular weight excluding hydrogens is 384 g/mol. The summed E-state index contributed by atoms with van der Waals surface area (Å²) in [6.07, 6.45) is -0.406. The molecule has 0 bridgehead atoms. The van der Waals surface area contributed by atoms with Crippen LogP contribution in [-0.2, 0) is 15.7 Å². The number of hydrogen-bond acceptors (Lipinski definition) is 6. The molecule has 25 heavy (non-hydrogen) atoms. The molecule has 10 heteroatoms. The number of nitrogens with one attached hydrogen (secondary N) is 1. The predicted octanol–water partition coefficient (Wildman–Crippen LogP) is 1.34. The van der Waals surface area contributed by atoms with Crippen molar-refractivity contribution in [2.24, 2.45) is 4.99 Å². The number of benzene rings is 1. The molecule has 1 aromatic rings. The maximum absolute atomic E-state index is 12.7. The van der Waals surface area contributed by atoms with Gasteiger partial charge in [0.1, 0.15) is 4.90 Å². The van der Waals surface area contributed by atoms with Gasteiger partial charge in [-0.2, -0.15) is 4.72 Å². The van der Waals surface area contributed by atoms with Crippen LogP contribution in [0.1, 0.15) is 12.5 Å². The molecular formula is C15H23ClN4O3S2. The van der Waals surface area contributed by atoms with Crippen molar-refractivity contribution in [3.05, 3.63) is 28.8 Å². The summed E-state index contributed by atoms with van der Waals surface area (Å²) in [7, 11) is 3.06. The van der Waals surface area contributed by atoms with Crippen LogP contribution in [-0.4, -0.2) is 68.6 Å². The Morgan fingerprint density at radius 2 is 2.12 bits per heavy atom.